The molecule has 0 spiro atoms. The zero-order chi connectivity index (χ0) is 13.1. The third kappa shape index (κ3) is 3.94. The minimum Gasteiger partial charge on any atom is -0.415 e. The second-order valence-corrected chi connectivity index (χ2v) is 10.7. The summed E-state index contributed by atoms with van der Waals surface area (Å²) in [6, 6.07) is 0. The van der Waals surface area contributed by atoms with Crippen LogP contribution in [0.4, 0.5) is 0 Å². The number of aromatic nitrogens is 2. The van der Waals surface area contributed by atoms with E-state index in [-0.39, 0.29) is 11.6 Å². The van der Waals surface area contributed by atoms with Gasteiger partial charge in [0.1, 0.15) is 0 Å². The van der Waals surface area contributed by atoms with Crippen molar-refractivity contribution in [1.82, 2.24) is 9.78 Å². The van der Waals surface area contributed by atoms with E-state index in [0.717, 1.165) is 12.1 Å². The number of nitrogens with zero attached hydrogens (tertiary/aromatic N) is 2. The molecular weight excluding hydrogens is 232 g/mol. The molecule has 0 aromatic carbocycles. The van der Waals surface area contributed by atoms with E-state index >= 15 is 0 Å². The van der Waals surface area contributed by atoms with E-state index in [1.165, 1.54) is 0 Å². The Labute approximate surface area is 105 Å². The summed E-state index contributed by atoms with van der Waals surface area (Å²) < 4.78 is 7.87. The van der Waals surface area contributed by atoms with Crippen molar-refractivity contribution in [2.75, 3.05) is 6.61 Å². The zero-order valence-electron chi connectivity index (χ0n) is 11.5. The Balaban J connectivity index is 2.42. The molecule has 4 nitrogen and oxygen atoms in total. The molecule has 1 aromatic heterocycles. The highest BCUT2D eigenvalue weighted by atomic mass is 28.4. The lowest BCUT2D eigenvalue weighted by molar-refractivity contribution is 0.265. The first-order valence-corrected chi connectivity index (χ1v) is 8.93. The minimum atomic E-state index is -1.65. The van der Waals surface area contributed by atoms with Gasteiger partial charge in [0, 0.05) is 11.8 Å². The van der Waals surface area contributed by atoms with Gasteiger partial charge in [-0.2, -0.15) is 5.10 Å². The van der Waals surface area contributed by atoms with E-state index in [0.29, 0.717) is 6.61 Å². The van der Waals surface area contributed by atoms with Gasteiger partial charge in [-0.3, -0.25) is 4.68 Å². The molecule has 0 aliphatic rings. The van der Waals surface area contributed by atoms with Crippen molar-refractivity contribution in [3.8, 4) is 0 Å². The molecule has 0 saturated heterocycles. The van der Waals surface area contributed by atoms with E-state index in [4.69, 9.17) is 9.53 Å². The Morgan fingerprint density at radius 1 is 1.41 bits per heavy atom. The average Bonchev–Trinajstić information content (AvgIpc) is 2.63. The van der Waals surface area contributed by atoms with E-state index < -0.39 is 8.32 Å². The van der Waals surface area contributed by atoms with Gasteiger partial charge in [-0.1, -0.05) is 20.8 Å². The second kappa shape index (κ2) is 5.33. The predicted molar refractivity (Wildman–Crippen MR) is 71.3 cm³/mol. The molecule has 0 aliphatic heterocycles. The Hall–Kier alpha value is -0.653. The molecule has 0 unspecified atom stereocenters. The number of aliphatic hydroxyl groups is 1. The van der Waals surface area contributed by atoms with Gasteiger partial charge in [-0.05, 0) is 18.1 Å². The topological polar surface area (TPSA) is 47.3 Å². The van der Waals surface area contributed by atoms with Crippen LogP contribution in [0.3, 0.4) is 0 Å². The maximum Gasteiger partial charge on any atom is 0.192 e. The van der Waals surface area contributed by atoms with Gasteiger partial charge in [0.2, 0.25) is 0 Å². The van der Waals surface area contributed by atoms with Gasteiger partial charge in [-0.25, -0.2) is 0 Å². The Kier molecular flexibility index (Phi) is 4.52. The molecule has 5 heteroatoms. The number of rotatable bonds is 5. The van der Waals surface area contributed by atoms with Crippen molar-refractivity contribution < 1.29 is 9.53 Å². The smallest absolute Gasteiger partial charge is 0.192 e. The van der Waals surface area contributed by atoms with E-state index in [1.807, 2.05) is 10.9 Å². The van der Waals surface area contributed by atoms with Crippen molar-refractivity contribution in [1.29, 1.82) is 0 Å². The van der Waals surface area contributed by atoms with Crippen LogP contribution in [-0.4, -0.2) is 29.8 Å². The summed E-state index contributed by atoms with van der Waals surface area (Å²) in [5, 5.41) is 13.3. The number of hydrogen-bond donors (Lipinski definition) is 1. The Morgan fingerprint density at radius 3 is 2.53 bits per heavy atom. The molecule has 1 heterocycles. The van der Waals surface area contributed by atoms with Crippen LogP contribution in [0.5, 0.6) is 0 Å². The maximum absolute atomic E-state index is 8.93. The van der Waals surface area contributed by atoms with Crippen molar-refractivity contribution in [3.05, 3.63) is 18.0 Å². The van der Waals surface area contributed by atoms with E-state index in [9.17, 15) is 0 Å². The summed E-state index contributed by atoms with van der Waals surface area (Å²) in [5.41, 5.74) is 0.845. The van der Waals surface area contributed by atoms with Crippen molar-refractivity contribution in [3.63, 3.8) is 0 Å². The molecule has 1 N–H and O–H groups in total. The Morgan fingerprint density at radius 2 is 2.06 bits per heavy atom. The van der Waals surface area contributed by atoms with Gasteiger partial charge in [0.05, 0.1) is 26.0 Å². The molecule has 1 aromatic rings. The summed E-state index contributed by atoms with van der Waals surface area (Å²) in [6.45, 7) is 12.7. The summed E-state index contributed by atoms with van der Waals surface area (Å²) in [6.07, 6.45) is 3.54. The first-order valence-electron chi connectivity index (χ1n) is 6.02. The van der Waals surface area contributed by atoms with Crippen LogP contribution in [0, 0.1) is 0 Å². The third-order valence-corrected chi connectivity index (χ3v) is 8.00. The molecular formula is C12H24N2O2Si. The summed E-state index contributed by atoms with van der Waals surface area (Å²) >= 11 is 0. The van der Waals surface area contributed by atoms with Crippen LogP contribution in [0.15, 0.2) is 12.4 Å². The molecule has 98 valence electrons. The number of hydrogen-bond acceptors (Lipinski definition) is 3. The van der Waals surface area contributed by atoms with Gasteiger partial charge >= 0.3 is 0 Å². The molecule has 0 atom stereocenters. The van der Waals surface area contributed by atoms with Gasteiger partial charge in [0.15, 0.2) is 8.32 Å². The largest absolute Gasteiger partial charge is 0.415 e. The predicted octanol–water partition coefficient (Wildman–Crippen LogP) is 2.40. The maximum atomic E-state index is 8.93. The molecule has 0 saturated carbocycles. The van der Waals surface area contributed by atoms with Gasteiger partial charge < -0.3 is 9.53 Å². The highest BCUT2D eigenvalue weighted by Gasteiger charge is 2.36. The highest BCUT2D eigenvalue weighted by molar-refractivity contribution is 6.74. The van der Waals surface area contributed by atoms with Gasteiger partial charge in [0.25, 0.3) is 0 Å². The van der Waals surface area contributed by atoms with Gasteiger partial charge in [-0.15, -0.1) is 0 Å². The average molecular weight is 256 g/mol. The van der Waals surface area contributed by atoms with Crippen molar-refractivity contribution in [2.45, 2.75) is 52.1 Å². The monoisotopic (exact) mass is 256 g/mol. The standard InChI is InChI=1S/C12H24N2O2Si/c1-12(2,3)17(4,5)16-7-6-14-9-11(10-15)8-13-14/h8-9,15H,6-7,10H2,1-5H3. The molecule has 0 radical (unpaired) electrons. The van der Waals surface area contributed by atoms with Crippen LogP contribution in [-0.2, 0) is 17.6 Å². The lowest BCUT2D eigenvalue weighted by Gasteiger charge is -2.36. The fraction of sp³-hybridized carbons (Fsp3) is 0.750. The van der Waals surface area contributed by atoms with Crippen LogP contribution < -0.4 is 0 Å². The summed E-state index contributed by atoms with van der Waals surface area (Å²) in [7, 11) is -1.65. The molecule has 0 fully saturated rings. The quantitative estimate of drug-likeness (QED) is 0.823. The van der Waals surface area contributed by atoms with Crippen LogP contribution >= 0.6 is 0 Å². The SMILES string of the molecule is CC(C)(C)[Si](C)(C)OCCn1cc(CO)cn1. The van der Waals surface area contributed by atoms with Crippen LogP contribution in [0.25, 0.3) is 0 Å². The molecule has 0 bridgehead atoms. The van der Waals surface area contributed by atoms with E-state index in [2.05, 4.69) is 39.0 Å². The van der Waals surface area contributed by atoms with E-state index in [1.54, 1.807) is 6.20 Å². The molecule has 0 amide bonds. The highest BCUT2D eigenvalue weighted by Crippen LogP contribution is 2.36. The van der Waals surface area contributed by atoms with Crippen molar-refractivity contribution >= 4 is 8.32 Å². The zero-order valence-corrected chi connectivity index (χ0v) is 12.5. The minimum absolute atomic E-state index is 0.0447. The summed E-state index contributed by atoms with van der Waals surface area (Å²) in [5.74, 6) is 0. The molecule has 17 heavy (non-hydrogen) atoms. The van der Waals surface area contributed by atoms with Crippen molar-refractivity contribution in [2.24, 2.45) is 0 Å². The first-order chi connectivity index (χ1) is 7.76. The first kappa shape index (κ1) is 14.4. The summed E-state index contributed by atoms with van der Waals surface area (Å²) in [4.78, 5) is 0. The molecule has 0 aliphatic carbocycles. The second-order valence-electron chi connectivity index (χ2n) is 5.88. The molecule has 1 rings (SSSR count). The Bertz CT molecular complexity index is 356. The van der Waals surface area contributed by atoms with Crippen LogP contribution in [0.2, 0.25) is 18.1 Å². The third-order valence-electron chi connectivity index (χ3n) is 3.46. The fourth-order valence-corrected chi connectivity index (χ4v) is 2.26. The lowest BCUT2D eigenvalue weighted by atomic mass is 10.2. The number of aliphatic hydroxyl groups excluding tert-OH is 1. The lowest BCUT2D eigenvalue weighted by Crippen LogP contribution is -2.41. The van der Waals surface area contributed by atoms with Crippen LogP contribution in [0.1, 0.15) is 26.3 Å². The normalized spacial score (nSPS) is 13.1. The fourth-order valence-electron chi connectivity index (χ4n) is 1.22.